The normalized spacial score (nSPS) is 18.1. The molecule has 1 aliphatic rings. The molecule has 0 saturated carbocycles. The Bertz CT molecular complexity index is 792. The third-order valence-electron chi connectivity index (χ3n) is 4.18. The lowest BCUT2D eigenvalue weighted by Crippen LogP contribution is -2.35. The minimum Gasteiger partial charge on any atom is -0.374 e. The average Bonchev–Trinajstić information content (AvgIpc) is 3.06. The zero-order valence-electron chi connectivity index (χ0n) is 13.9. The minimum atomic E-state index is 0.0630. The van der Waals surface area contributed by atoms with Gasteiger partial charge in [0.05, 0.1) is 18.3 Å². The Labute approximate surface area is 146 Å². The summed E-state index contributed by atoms with van der Waals surface area (Å²) in [6.45, 7) is 3.10. The molecule has 25 heavy (non-hydrogen) atoms. The Hall–Kier alpha value is -2.80. The maximum atomic E-state index is 5.97. The van der Waals surface area contributed by atoms with Crippen LogP contribution in [0.3, 0.4) is 0 Å². The highest BCUT2D eigenvalue weighted by Crippen LogP contribution is 2.19. The Balaban J connectivity index is 1.53. The van der Waals surface area contributed by atoms with Crippen LogP contribution in [0.25, 0.3) is 11.3 Å². The third kappa shape index (κ3) is 3.83. The van der Waals surface area contributed by atoms with Crippen molar-refractivity contribution in [3.05, 3.63) is 55.2 Å². The molecule has 1 saturated heterocycles. The number of pyridine rings is 1. The van der Waals surface area contributed by atoms with Crippen molar-refractivity contribution in [3.63, 3.8) is 0 Å². The van der Waals surface area contributed by atoms with Gasteiger partial charge >= 0.3 is 0 Å². The summed E-state index contributed by atoms with van der Waals surface area (Å²) in [6, 6.07) is 7.76. The van der Waals surface area contributed by atoms with E-state index in [1.807, 2.05) is 41.3 Å². The van der Waals surface area contributed by atoms with Gasteiger partial charge in [0.15, 0.2) is 0 Å². The van der Waals surface area contributed by atoms with Crippen LogP contribution in [0.1, 0.15) is 6.42 Å². The fraction of sp³-hybridized carbons (Fsp3) is 0.333. The molecule has 0 unspecified atom stereocenters. The second kappa shape index (κ2) is 7.40. The molecule has 0 amide bonds. The summed E-state index contributed by atoms with van der Waals surface area (Å²) in [5.41, 5.74) is 1.87. The SMILES string of the molecule is c1cncc(-c2ccnc(N3CCCO[C@@H](Cn4cccn4)C3)n2)c1. The fourth-order valence-corrected chi connectivity index (χ4v) is 2.98. The Morgan fingerprint density at radius 3 is 3.00 bits per heavy atom. The van der Waals surface area contributed by atoms with Crippen LogP contribution < -0.4 is 4.90 Å². The number of ether oxygens (including phenoxy) is 1. The van der Waals surface area contributed by atoms with Gasteiger partial charge in [-0.05, 0) is 30.7 Å². The molecule has 128 valence electrons. The molecule has 4 heterocycles. The summed E-state index contributed by atoms with van der Waals surface area (Å²) in [7, 11) is 0. The van der Waals surface area contributed by atoms with E-state index in [1.165, 1.54) is 0 Å². The van der Waals surface area contributed by atoms with Crippen molar-refractivity contribution >= 4 is 5.95 Å². The molecule has 0 N–H and O–H groups in total. The quantitative estimate of drug-likeness (QED) is 0.726. The van der Waals surface area contributed by atoms with E-state index in [-0.39, 0.29) is 6.10 Å². The van der Waals surface area contributed by atoms with Gasteiger partial charge in [-0.25, -0.2) is 9.97 Å². The Morgan fingerprint density at radius 1 is 1.16 bits per heavy atom. The number of nitrogens with zero attached hydrogens (tertiary/aromatic N) is 6. The molecule has 1 aliphatic heterocycles. The maximum absolute atomic E-state index is 5.97. The summed E-state index contributed by atoms with van der Waals surface area (Å²) >= 11 is 0. The van der Waals surface area contributed by atoms with E-state index >= 15 is 0 Å². The second-order valence-corrected chi connectivity index (χ2v) is 6.00. The largest absolute Gasteiger partial charge is 0.374 e. The highest BCUT2D eigenvalue weighted by atomic mass is 16.5. The van der Waals surface area contributed by atoms with Gasteiger partial charge in [-0.1, -0.05) is 0 Å². The van der Waals surface area contributed by atoms with Gasteiger partial charge in [0.2, 0.25) is 5.95 Å². The van der Waals surface area contributed by atoms with E-state index in [0.29, 0.717) is 0 Å². The molecule has 1 atom stereocenters. The van der Waals surface area contributed by atoms with Crippen LogP contribution >= 0.6 is 0 Å². The van der Waals surface area contributed by atoms with Crippen LogP contribution in [0.15, 0.2) is 55.2 Å². The first-order chi connectivity index (χ1) is 12.4. The number of hydrogen-bond donors (Lipinski definition) is 0. The fourth-order valence-electron chi connectivity index (χ4n) is 2.98. The lowest BCUT2D eigenvalue weighted by atomic mass is 10.2. The molecule has 0 aliphatic carbocycles. The van der Waals surface area contributed by atoms with Gasteiger partial charge in [-0.15, -0.1) is 0 Å². The zero-order valence-corrected chi connectivity index (χ0v) is 13.9. The number of rotatable bonds is 4. The van der Waals surface area contributed by atoms with Crippen LogP contribution in [-0.4, -0.2) is 50.5 Å². The Kier molecular flexibility index (Phi) is 4.65. The number of aromatic nitrogens is 5. The van der Waals surface area contributed by atoms with E-state index in [9.17, 15) is 0 Å². The molecule has 0 aromatic carbocycles. The van der Waals surface area contributed by atoms with E-state index < -0.39 is 0 Å². The first-order valence-electron chi connectivity index (χ1n) is 8.46. The van der Waals surface area contributed by atoms with Gasteiger partial charge < -0.3 is 9.64 Å². The molecule has 0 radical (unpaired) electrons. The van der Waals surface area contributed by atoms with Crippen LogP contribution in [0.2, 0.25) is 0 Å². The molecule has 7 heteroatoms. The summed E-state index contributed by atoms with van der Waals surface area (Å²) in [6.07, 6.45) is 10.1. The molecule has 4 rings (SSSR count). The Morgan fingerprint density at radius 2 is 2.16 bits per heavy atom. The first-order valence-corrected chi connectivity index (χ1v) is 8.46. The monoisotopic (exact) mass is 336 g/mol. The van der Waals surface area contributed by atoms with Crippen molar-refractivity contribution in [2.75, 3.05) is 24.6 Å². The average molecular weight is 336 g/mol. The van der Waals surface area contributed by atoms with Crippen molar-refractivity contribution in [3.8, 4) is 11.3 Å². The van der Waals surface area contributed by atoms with Gasteiger partial charge in [0.1, 0.15) is 0 Å². The van der Waals surface area contributed by atoms with Crippen LogP contribution in [0.4, 0.5) is 5.95 Å². The lowest BCUT2D eigenvalue weighted by Gasteiger charge is -2.24. The number of hydrogen-bond acceptors (Lipinski definition) is 6. The molecule has 0 spiro atoms. The van der Waals surface area contributed by atoms with Gasteiger partial charge in [0.25, 0.3) is 0 Å². The standard InChI is InChI=1S/C18H20N6O/c1-4-15(12-19-6-1)17-5-8-20-18(22-17)23-9-3-11-25-16(13-23)14-24-10-2-7-21-24/h1-2,4-8,10,12,16H,3,9,11,13-14H2/t16-/m1/s1. The van der Waals surface area contributed by atoms with Gasteiger partial charge in [-0.2, -0.15) is 5.10 Å². The number of anilines is 1. The van der Waals surface area contributed by atoms with Crippen LogP contribution in [0, 0.1) is 0 Å². The van der Waals surface area contributed by atoms with Crippen molar-refractivity contribution in [1.29, 1.82) is 0 Å². The minimum absolute atomic E-state index is 0.0630. The summed E-state index contributed by atoms with van der Waals surface area (Å²) in [4.78, 5) is 15.6. The zero-order chi connectivity index (χ0) is 16.9. The van der Waals surface area contributed by atoms with Crippen LogP contribution in [0.5, 0.6) is 0 Å². The predicted octanol–water partition coefficient (Wildman–Crippen LogP) is 2.03. The summed E-state index contributed by atoms with van der Waals surface area (Å²) in [5, 5.41) is 4.27. The van der Waals surface area contributed by atoms with Crippen LogP contribution in [-0.2, 0) is 11.3 Å². The third-order valence-corrected chi connectivity index (χ3v) is 4.18. The smallest absolute Gasteiger partial charge is 0.225 e. The lowest BCUT2D eigenvalue weighted by molar-refractivity contribution is 0.0543. The highest BCUT2D eigenvalue weighted by Gasteiger charge is 2.21. The molecule has 7 nitrogen and oxygen atoms in total. The molecular weight excluding hydrogens is 316 g/mol. The summed E-state index contributed by atoms with van der Waals surface area (Å²) in [5.74, 6) is 0.734. The highest BCUT2D eigenvalue weighted by molar-refractivity contribution is 5.58. The van der Waals surface area contributed by atoms with Gasteiger partial charge in [0, 0.05) is 56.2 Å². The molecular formula is C18H20N6O. The topological polar surface area (TPSA) is 69.0 Å². The van der Waals surface area contributed by atoms with E-state index in [4.69, 9.17) is 9.72 Å². The first kappa shape index (κ1) is 15.7. The van der Waals surface area contributed by atoms with E-state index in [1.54, 1.807) is 18.6 Å². The molecule has 1 fully saturated rings. The molecule has 3 aromatic rings. The van der Waals surface area contributed by atoms with Crippen molar-refractivity contribution < 1.29 is 4.74 Å². The predicted molar refractivity (Wildman–Crippen MR) is 94.1 cm³/mol. The van der Waals surface area contributed by atoms with Crippen molar-refractivity contribution in [1.82, 2.24) is 24.7 Å². The van der Waals surface area contributed by atoms with E-state index in [2.05, 4.69) is 20.0 Å². The molecule has 0 bridgehead atoms. The van der Waals surface area contributed by atoms with Crippen molar-refractivity contribution in [2.24, 2.45) is 0 Å². The maximum Gasteiger partial charge on any atom is 0.225 e. The second-order valence-electron chi connectivity index (χ2n) is 6.00. The van der Waals surface area contributed by atoms with Crippen molar-refractivity contribution in [2.45, 2.75) is 19.1 Å². The summed E-state index contributed by atoms with van der Waals surface area (Å²) < 4.78 is 7.88. The van der Waals surface area contributed by atoms with E-state index in [0.717, 1.165) is 49.9 Å². The molecule has 3 aromatic heterocycles. The van der Waals surface area contributed by atoms with Gasteiger partial charge in [-0.3, -0.25) is 9.67 Å².